The summed E-state index contributed by atoms with van der Waals surface area (Å²) in [6.07, 6.45) is 1.96. The Morgan fingerprint density at radius 2 is 2.17 bits per heavy atom. The van der Waals surface area contributed by atoms with Gasteiger partial charge in [-0.3, -0.25) is 4.79 Å². The third-order valence-corrected chi connectivity index (χ3v) is 4.95. The number of carbonyl (C=O) groups excluding carboxylic acids is 1. The lowest BCUT2D eigenvalue weighted by Gasteiger charge is -2.02. The van der Waals surface area contributed by atoms with Crippen molar-refractivity contribution >= 4 is 34.7 Å². The molecule has 0 saturated heterocycles. The van der Waals surface area contributed by atoms with Crippen molar-refractivity contribution in [2.45, 2.75) is 17.3 Å². The van der Waals surface area contributed by atoms with E-state index >= 15 is 0 Å². The van der Waals surface area contributed by atoms with E-state index in [1.54, 1.807) is 18.1 Å². The van der Waals surface area contributed by atoms with Crippen LogP contribution in [0, 0.1) is 0 Å². The first-order chi connectivity index (χ1) is 11.2. The van der Waals surface area contributed by atoms with Crippen molar-refractivity contribution in [2.24, 2.45) is 7.05 Å². The van der Waals surface area contributed by atoms with Crippen molar-refractivity contribution in [1.82, 2.24) is 19.7 Å². The predicted molar refractivity (Wildman–Crippen MR) is 91.5 cm³/mol. The van der Waals surface area contributed by atoms with Gasteiger partial charge in [-0.25, -0.2) is 4.98 Å². The Balaban J connectivity index is 1.53. The van der Waals surface area contributed by atoms with Crippen molar-refractivity contribution in [3.05, 3.63) is 52.7 Å². The molecule has 0 radical (unpaired) electrons. The fourth-order valence-electron chi connectivity index (χ4n) is 1.90. The van der Waals surface area contributed by atoms with Gasteiger partial charge in [-0.05, 0) is 12.1 Å². The molecule has 0 aliphatic rings. The number of anilines is 1. The SMILES string of the molecule is Cn1cnnc1SCc1csc(CC(=O)Nc2ccccc2)n1. The molecule has 0 aliphatic carbocycles. The van der Waals surface area contributed by atoms with Crippen molar-refractivity contribution < 1.29 is 4.79 Å². The van der Waals surface area contributed by atoms with Gasteiger partial charge >= 0.3 is 0 Å². The molecule has 23 heavy (non-hydrogen) atoms. The van der Waals surface area contributed by atoms with Crippen LogP contribution in [-0.4, -0.2) is 25.7 Å². The first-order valence-electron chi connectivity index (χ1n) is 6.95. The highest BCUT2D eigenvalue weighted by Crippen LogP contribution is 2.21. The molecule has 2 aromatic heterocycles. The lowest BCUT2D eigenvalue weighted by molar-refractivity contribution is -0.115. The zero-order valence-electron chi connectivity index (χ0n) is 12.5. The molecule has 0 fully saturated rings. The molecule has 3 aromatic rings. The molecule has 1 N–H and O–H groups in total. The van der Waals surface area contributed by atoms with Gasteiger partial charge in [0.05, 0.1) is 12.1 Å². The second-order valence-electron chi connectivity index (χ2n) is 4.84. The summed E-state index contributed by atoms with van der Waals surface area (Å²) in [5.74, 6) is 0.654. The molecular formula is C15H15N5OS2. The van der Waals surface area contributed by atoms with Crippen molar-refractivity contribution in [3.63, 3.8) is 0 Å². The molecule has 0 saturated carbocycles. The van der Waals surface area contributed by atoms with Crippen molar-refractivity contribution in [1.29, 1.82) is 0 Å². The largest absolute Gasteiger partial charge is 0.326 e. The molecule has 8 heteroatoms. The van der Waals surface area contributed by atoms with Gasteiger partial charge in [-0.1, -0.05) is 30.0 Å². The Morgan fingerprint density at radius 1 is 1.35 bits per heavy atom. The standard InChI is InChI=1S/C15H15N5OS2/c1-20-10-16-19-15(20)23-9-12-8-22-14(18-12)7-13(21)17-11-5-3-2-4-6-11/h2-6,8,10H,7,9H2,1H3,(H,17,21). The minimum atomic E-state index is -0.0574. The topological polar surface area (TPSA) is 72.7 Å². The van der Waals surface area contributed by atoms with Crippen LogP contribution < -0.4 is 5.32 Å². The van der Waals surface area contributed by atoms with Gasteiger partial charge in [0.15, 0.2) is 5.16 Å². The van der Waals surface area contributed by atoms with E-state index in [2.05, 4.69) is 20.5 Å². The Labute approximate surface area is 142 Å². The van der Waals surface area contributed by atoms with Crippen LogP contribution in [0.5, 0.6) is 0 Å². The van der Waals surface area contributed by atoms with Crippen LogP contribution in [0.4, 0.5) is 5.69 Å². The summed E-state index contributed by atoms with van der Waals surface area (Å²) in [6, 6.07) is 9.42. The average molecular weight is 345 g/mol. The first kappa shape index (κ1) is 15.7. The number of aromatic nitrogens is 4. The number of hydrogen-bond acceptors (Lipinski definition) is 6. The Morgan fingerprint density at radius 3 is 2.91 bits per heavy atom. The van der Waals surface area contributed by atoms with Gasteiger partial charge in [0.1, 0.15) is 11.3 Å². The highest BCUT2D eigenvalue weighted by atomic mass is 32.2. The number of thiazole rings is 1. The molecular weight excluding hydrogens is 330 g/mol. The Kier molecular flexibility index (Phi) is 5.04. The number of benzene rings is 1. The zero-order valence-corrected chi connectivity index (χ0v) is 14.1. The fraction of sp³-hybridized carbons (Fsp3) is 0.200. The lowest BCUT2D eigenvalue weighted by atomic mass is 10.3. The van der Waals surface area contributed by atoms with Gasteiger partial charge < -0.3 is 9.88 Å². The van der Waals surface area contributed by atoms with Crippen LogP contribution in [0.3, 0.4) is 0 Å². The summed E-state index contributed by atoms with van der Waals surface area (Å²) in [6.45, 7) is 0. The highest BCUT2D eigenvalue weighted by Gasteiger charge is 2.10. The van der Waals surface area contributed by atoms with Gasteiger partial charge in [-0.2, -0.15) is 0 Å². The Bertz CT molecular complexity index is 784. The van der Waals surface area contributed by atoms with E-state index in [4.69, 9.17) is 0 Å². The van der Waals surface area contributed by atoms with E-state index in [1.807, 2.05) is 47.3 Å². The van der Waals surface area contributed by atoms with E-state index in [9.17, 15) is 4.79 Å². The quantitative estimate of drug-likeness (QED) is 0.696. The van der Waals surface area contributed by atoms with Crippen LogP contribution >= 0.6 is 23.1 Å². The Hall–Kier alpha value is -2.19. The number of carbonyl (C=O) groups is 1. The number of hydrogen-bond donors (Lipinski definition) is 1. The molecule has 118 valence electrons. The van der Waals surface area contributed by atoms with Gasteiger partial charge in [0, 0.05) is 23.9 Å². The number of nitrogens with one attached hydrogen (secondary N) is 1. The van der Waals surface area contributed by atoms with Gasteiger partial charge in [-0.15, -0.1) is 21.5 Å². The van der Waals surface area contributed by atoms with Crippen LogP contribution in [0.25, 0.3) is 0 Å². The number of para-hydroxylation sites is 1. The molecule has 0 unspecified atom stereocenters. The fourth-order valence-corrected chi connectivity index (χ4v) is 3.58. The molecule has 2 heterocycles. The number of aryl methyl sites for hydroxylation is 1. The maximum absolute atomic E-state index is 12.0. The number of amides is 1. The monoisotopic (exact) mass is 345 g/mol. The van der Waals surface area contributed by atoms with Crippen LogP contribution in [0.15, 0.2) is 47.2 Å². The average Bonchev–Trinajstić information content (AvgIpc) is 3.15. The normalized spacial score (nSPS) is 10.7. The molecule has 6 nitrogen and oxygen atoms in total. The summed E-state index contributed by atoms with van der Waals surface area (Å²) in [7, 11) is 1.91. The second-order valence-corrected chi connectivity index (χ2v) is 6.72. The van der Waals surface area contributed by atoms with Crippen LogP contribution in [0.2, 0.25) is 0 Å². The van der Waals surface area contributed by atoms with E-state index in [-0.39, 0.29) is 12.3 Å². The predicted octanol–water partition coefficient (Wildman–Crippen LogP) is 2.75. The first-order valence-corrected chi connectivity index (χ1v) is 8.82. The number of nitrogens with zero attached hydrogens (tertiary/aromatic N) is 4. The maximum Gasteiger partial charge on any atom is 0.231 e. The minimum absolute atomic E-state index is 0.0574. The van der Waals surface area contributed by atoms with E-state index in [0.29, 0.717) is 5.75 Å². The minimum Gasteiger partial charge on any atom is -0.326 e. The second kappa shape index (κ2) is 7.38. The van der Waals surface area contributed by atoms with Crippen molar-refractivity contribution in [3.8, 4) is 0 Å². The summed E-state index contributed by atoms with van der Waals surface area (Å²) in [4.78, 5) is 16.5. The highest BCUT2D eigenvalue weighted by molar-refractivity contribution is 7.98. The summed E-state index contributed by atoms with van der Waals surface area (Å²) in [5, 5.41) is 14.4. The molecule has 1 aromatic carbocycles. The molecule has 0 atom stereocenters. The van der Waals surface area contributed by atoms with E-state index < -0.39 is 0 Å². The van der Waals surface area contributed by atoms with E-state index in [0.717, 1.165) is 21.5 Å². The zero-order chi connectivity index (χ0) is 16.1. The smallest absolute Gasteiger partial charge is 0.231 e. The molecule has 0 aliphatic heterocycles. The molecule has 0 spiro atoms. The summed E-state index contributed by atoms with van der Waals surface area (Å²) < 4.78 is 1.87. The number of thioether (sulfide) groups is 1. The maximum atomic E-state index is 12.0. The van der Waals surface area contributed by atoms with Crippen molar-refractivity contribution in [2.75, 3.05) is 5.32 Å². The molecule has 1 amide bonds. The summed E-state index contributed by atoms with van der Waals surface area (Å²) >= 11 is 3.08. The molecule has 3 rings (SSSR count). The number of rotatable bonds is 6. The van der Waals surface area contributed by atoms with Gasteiger partial charge in [0.2, 0.25) is 5.91 Å². The van der Waals surface area contributed by atoms with Gasteiger partial charge in [0.25, 0.3) is 0 Å². The molecule has 0 bridgehead atoms. The van der Waals surface area contributed by atoms with Crippen LogP contribution in [-0.2, 0) is 24.0 Å². The third-order valence-electron chi connectivity index (χ3n) is 2.99. The van der Waals surface area contributed by atoms with E-state index in [1.165, 1.54) is 11.3 Å². The summed E-state index contributed by atoms with van der Waals surface area (Å²) in [5.41, 5.74) is 1.75. The lowest BCUT2D eigenvalue weighted by Crippen LogP contribution is -2.14. The van der Waals surface area contributed by atoms with Crippen LogP contribution in [0.1, 0.15) is 10.7 Å². The third kappa shape index (κ3) is 4.40.